The summed E-state index contributed by atoms with van der Waals surface area (Å²) < 4.78 is 109. The Balaban J connectivity index is 0.000000249. The topological polar surface area (TPSA) is 143 Å². The number of halogens is 9. The molecule has 0 saturated heterocycles. The van der Waals surface area contributed by atoms with E-state index >= 15 is 0 Å². The van der Waals surface area contributed by atoms with E-state index in [9.17, 15) is 44.7 Å². The summed E-state index contributed by atoms with van der Waals surface area (Å²) >= 11 is 2.89. The van der Waals surface area contributed by atoms with Crippen LogP contribution in [0.4, 0.5) is 44.5 Å². The van der Waals surface area contributed by atoms with Gasteiger partial charge < -0.3 is 14.8 Å². The number of anilines is 2. The number of ether oxygens (including phenoxy) is 2. The normalized spacial score (nSPS) is 11.9. The molecule has 2 amide bonds. The first-order valence-electron chi connectivity index (χ1n) is 16.1. The number of nitrogens with one attached hydrogen (secondary N) is 2. The van der Waals surface area contributed by atoms with Crippen LogP contribution >= 0.6 is 15.9 Å². The van der Waals surface area contributed by atoms with Crippen LogP contribution in [0.5, 0.6) is 11.5 Å². The van der Waals surface area contributed by atoms with Crippen molar-refractivity contribution in [1.29, 1.82) is 0 Å². The Morgan fingerprint density at radius 2 is 1.45 bits per heavy atom. The van der Waals surface area contributed by atoms with E-state index in [0.29, 0.717) is 26.1 Å². The van der Waals surface area contributed by atoms with Gasteiger partial charge in [-0.3, -0.25) is 0 Å². The standard InChI is InChI=1S/C18H16F4N2O2Se.C10H6BrFN2OSe.C8H8BF3O3/c1-4-5-14(19)11(3)16(25)24-17-23-9-15(27-17)13-7-6-12(8-10(13)2)26-18(20,21)22;11-8-5-13-10(16-8)14-9(15)6-3-1-2-4-7(6)12;1-5-4-6(15-8(10,11)12)2-3-7(5)9(13)14/h4-9,11H,1H2,2-3H3,(H,23,24,25);1-5H,(H,13,14,15);2-4,13-14H,1H3/b14-5+;;. The summed E-state index contributed by atoms with van der Waals surface area (Å²) in [5.74, 6) is -3.81. The zero-order chi connectivity index (χ0) is 43.4. The molecule has 1 unspecified atom stereocenters. The molecular formula is C36H30BBrF8N4O6Se2. The molecule has 0 bridgehead atoms. The predicted octanol–water partition coefficient (Wildman–Crippen LogP) is 7.49. The van der Waals surface area contributed by atoms with Crippen molar-refractivity contribution in [2.24, 2.45) is 5.92 Å². The quantitative estimate of drug-likeness (QED) is 0.0641. The van der Waals surface area contributed by atoms with Gasteiger partial charge in [0, 0.05) is 0 Å². The maximum atomic E-state index is 13.7. The van der Waals surface area contributed by atoms with E-state index in [-0.39, 0.29) is 51.5 Å². The van der Waals surface area contributed by atoms with Gasteiger partial charge >= 0.3 is 278 Å². The van der Waals surface area contributed by atoms with Gasteiger partial charge in [0.1, 0.15) is 5.75 Å². The van der Waals surface area contributed by atoms with Crippen molar-refractivity contribution in [3.8, 4) is 21.5 Å². The minimum absolute atomic E-state index is 0.0269. The van der Waals surface area contributed by atoms with Gasteiger partial charge in [-0.1, -0.05) is 6.07 Å². The van der Waals surface area contributed by atoms with Crippen LogP contribution in [-0.2, 0) is 4.79 Å². The van der Waals surface area contributed by atoms with Gasteiger partial charge in [0.2, 0.25) is 0 Å². The van der Waals surface area contributed by atoms with E-state index in [1.165, 1.54) is 56.3 Å². The minimum atomic E-state index is -4.75. The predicted molar refractivity (Wildman–Crippen MR) is 206 cm³/mol. The zero-order valence-electron chi connectivity index (χ0n) is 30.1. The molecule has 58 heavy (non-hydrogen) atoms. The molecule has 22 heteroatoms. The van der Waals surface area contributed by atoms with Crippen LogP contribution in [0.25, 0.3) is 10.0 Å². The van der Waals surface area contributed by atoms with E-state index in [0.717, 1.165) is 26.0 Å². The second-order valence-electron chi connectivity index (χ2n) is 11.4. The molecule has 1 atom stereocenters. The Kier molecular flexibility index (Phi) is 17.7. The first-order chi connectivity index (χ1) is 27.1. The Hall–Kier alpha value is -4.56. The summed E-state index contributed by atoms with van der Waals surface area (Å²) in [7, 11) is -1.70. The van der Waals surface area contributed by atoms with Crippen LogP contribution in [0.15, 0.2) is 101 Å². The third-order valence-corrected chi connectivity index (χ3v) is 11.6. The Bertz CT molecular complexity index is 2230. The molecule has 3 aromatic carbocycles. The van der Waals surface area contributed by atoms with Gasteiger partial charge in [-0.2, -0.15) is 0 Å². The van der Waals surface area contributed by atoms with E-state index < -0.39 is 49.2 Å². The van der Waals surface area contributed by atoms with Crippen molar-refractivity contribution < 1.29 is 64.2 Å². The molecule has 5 aromatic rings. The molecule has 10 nitrogen and oxygen atoms in total. The monoisotopic (exact) mass is 1020 g/mol. The first-order valence-corrected chi connectivity index (χ1v) is 20.3. The molecule has 0 spiro atoms. The number of amides is 2. The molecule has 0 aliphatic rings. The van der Waals surface area contributed by atoms with Gasteiger partial charge in [-0.05, 0) is 30.1 Å². The molecule has 308 valence electrons. The number of hydrogen-bond acceptors (Lipinski definition) is 8. The molecule has 0 radical (unpaired) electrons. The molecule has 0 fully saturated rings. The van der Waals surface area contributed by atoms with E-state index in [1.807, 2.05) is 0 Å². The number of alkyl halides is 6. The van der Waals surface area contributed by atoms with Crippen molar-refractivity contribution in [1.82, 2.24) is 9.97 Å². The molecule has 0 saturated carbocycles. The summed E-state index contributed by atoms with van der Waals surface area (Å²) in [4.78, 5) is 31.8. The van der Waals surface area contributed by atoms with E-state index in [2.05, 4.69) is 52.6 Å². The second kappa shape index (κ2) is 21.4. The van der Waals surface area contributed by atoms with Crippen LogP contribution in [0.3, 0.4) is 0 Å². The number of aromatic nitrogens is 2. The van der Waals surface area contributed by atoms with Crippen molar-refractivity contribution >= 4 is 78.7 Å². The van der Waals surface area contributed by atoms with Crippen molar-refractivity contribution in [2.75, 3.05) is 10.6 Å². The number of hydrogen-bond donors (Lipinski definition) is 4. The van der Waals surface area contributed by atoms with Crippen LogP contribution < -0.4 is 25.6 Å². The van der Waals surface area contributed by atoms with Crippen LogP contribution in [0, 0.1) is 25.6 Å². The summed E-state index contributed by atoms with van der Waals surface area (Å²) in [6.07, 6.45) is -3.95. The molecule has 2 heterocycles. The van der Waals surface area contributed by atoms with Gasteiger partial charge in [-0.15, -0.1) is 13.2 Å². The summed E-state index contributed by atoms with van der Waals surface area (Å²) in [6, 6.07) is 13.2. The Morgan fingerprint density at radius 3 is 1.97 bits per heavy atom. The molecule has 5 rings (SSSR count). The number of rotatable bonds is 10. The summed E-state index contributed by atoms with van der Waals surface area (Å²) in [5.41, 5.74) is 1.78. The number of allylic oxidation sites excluding steroid dienone is 2. The number of carbonyl (C=O) groups excluding carboxylic acids is 2. The van der Waals surface area contributed by atoms with Crippen LogP contribution in [0.1, 0.15) is 28.4 Å². The van der Waals surface area contributed by atoms with Crippen molar-refractivity contribution in [3.05, 3.63) is 123 Å². The summed E-state index contributed by atoms with van der Waals surface area (Å²) in [6.45, 7) is 7.91. The van der Waals surface area contributed by atoms with Gasteiger partial charge in [0.25, 0.3) is 0 Å². The number of benzene rings is 3. The molecule has 4 N–H and O–H groups in total. The molecule has 0 aliphatic heterocycles. The van der Waals surface area contributed by atoms with Crippen LogP contribution in [-0.4, -0.2) is 80.7 Å². The SMILES string of the molecule is C=C/C=C(/F)C(C)C(=O)Nc1ncc(-c2ccc(OC(F)(F)F)cc2C)[se]1.Cc1cc(OC(F)(F)F)ccc1B(O)O.O=C(Nc1ncc(Br)[se]1)c1ccccc1F. The average Bonchev–Trinajstić information content (AvgIpc) is 3.75. The van der Waals surface area contributed by atoms with Gasteiger partial charge in [-0.25, -0.2) is 0 Å². The van der Waals surface area contributed by atoms with Crippen LogP contribution in [0.2, 0.25) is 0 Å². The number of aryl methyl sites for hydroxylation is 2. The maximum absolute atomic E-state index is 13.7. The molecular weight excluding hydrogens is 985 g/mol. The number of nitrogens with zero attached hydrogens (tertiary/aromatic N) is 2. The van der Waals surface area contributed by atoms with Gasteiger partial charge in [0.15, 0.2) is 0 Å². The first kappa shape index (κ1) is 47.8. The Morgan fingerprint density at radius 1 is 0.879 bits per heavy atom. The Labute approximate surface area is 346 Å². The van der Waals surface area contributed by atoms with E-state index in [1.54, 1.807) is 31.5 Å². The molecule has 2 aromatic heterocycles. The van der Waals surface area contributed by atoms with Gasteiger partial charge in [0.05, 0.1) is 0 Å². The van der Waals surface area contributed by atoms with Crippen molar-refractivity contribution in [2.45, 2.75) is 33.5 Å². The fourth-order valence-electron chi connectivity index (χ4n) is 4.42. The third kappa shape index (κ3) is 15.7. The fraction of sp³-hybridized carbons (Fsp3) is 0.167. The third-order valence-electron chi connectivity index (χ3n) is 7.09. The summed E-state index contributed by atoms with van der Waals surface area (Å²) in [5, 5.41) is 22.8. The fourth-order valence-corrected chi connectivity index (χ4v) is 8.36. The second-order valence-corrected chi connectivity index (χ2v) is 17.8. The number of carbonyl (C=O) groups is 2. The molecule has 0 aliphatic carbocycles. The zero-order valence-corrected chi connectivity index (χ0v) is 35.1. The van der Waals surface area contributed by atoms with Crippen molar-refractivity contribution in [3.63, 3.8) is 0 Å². The van der Waals surface area contributed by atoms with E-state index in [4.69, 9.17) is 10.0 Å². The average molecular weight is 1020 g/mol.